The van der Waals surface area contributed by atoms with E-state index in [0.29, 0.717) is 17.5 Å². The quantitative estimate of drug-likeness (QED) is 0.185. The molecule has 5 aromatic rings. The summed E-state index contributed by atoms with van der Waals surface area (Å²) in [5.74, 6) is 0.725. The Morgan fingerprint density at radius 3 is 2.68 bits per heavy atom. The first-order valence-electron chi connectivity index (χ1n) is 12.8. The zero-order chi connectivity index (χ0) is 26.1. The number of amides is 1. The van der Waals surface area contributed by atoms with Crippen LogP contribution in [0.5, 0.6) is 5.75 Å². The van der Waals surface area contributed by atoms with Gasteiger partial charge in [-0.15, -0.1) is 11.3 Å². The highest BCUT2D eigenvalue weighted by molar-refractivity contribution is 7.99. The third kappa shape index (κ3) is 4.70. The molecule has 1 amide bonds. The van der Waals surface area contributed by atoms with E-state index >= 15 is 0 Å². The van der Waals surface area contributed by atoms with Crippen LogP contribution in [0.3, 0.4) is 0 Å². The van der Waals surface area contributed by atoms with Gasteiger partial charge < -0.3 is 10.1 Å². The summed E-state index contributed by atoms with van der Waals surface area (Å²) in [6.45, 7) is 2.51. The third-order valence-corrected chi connectivity index (χ3v) is 8.88. The monoisotopic (exact) mass is 541 g/mol. The second-order valence-corrected chi connectivity index (χ2v) is 11.2. The summed E-state index contributed by atoms with van der Waals surface area (Å²) in [4.78, 5) is 34.0. The molecule has 1 aliphatic rings. The number of thioether (sulfide) groups is 1. The molecule has 0 saturated carbocycles. The zero-order valence-electron chi connectivity index (χ0n) is 21.0. The Balaban J connectivity index is 1.35. The van der Waals surface area contributed by atoms with Gasteiger partial charge in [0.05, 0.1) is 23.4 Å². The average molecular weight is 542 g/mol. The number of carbonyl (C=O) groups excluding carboxylic acids is 1. The van der Waals surface area contributed by atoms with E-state index in [1.807, 2.05) is 73.7 Å². The summed E-state index contributed by atoms with van der Waals surface area (Å²) in [7, 11) is 0. The van der Waals surface area contributed by atoms with Gasteiger partial charge in [0.1, 0.15) is 10.6 Å². The van der Waals surface area contributed by atoms with Crippen LogP contribution in [-0.2, 0) is 17.6 Å². The average Bonchev–Trinajstić information content (AvgIpc) is 3.32. The molecular weight excluding hydrogens is 514 g/mol. The summed E-state index contributed by atoms with van der Waals surface area (Å²) in [5.41, 5.74) is 2.56. The van der Waals surface area contributed by atoms with Crippen molar-refractivity contribution >= 4 is 55.7 Å². The largest absolute Gasteiger partial charge is 0.494 e. The van der Waals surface area contributed by atoms with Gasteiger partial charge in [-0.25, -0.2) is 4.98 Å². The number of benzene rings is 3. The summed E-state index contributed by atoms with van der Waals surface area (Å²) < 4.78 is 7.24. The van der Waals surface area contributed by atoms with E-state index in [-0.39, 0.29) is 17.2 Å². The number of nitrogens with one attached hydrogen (secondary N) is 1. The molecule has 0 fully saturated rings. The van der Waals surface area contributed by atoms with Crippen molar-refractivity contribution in [3.63, 3.8) is 0 Å². The highest BCUT2D eigenvalue weighted by Gasteiger charge is 2.23. The maximum atomic E-state index is 14.0. The van der Waals surface area contributed by atoms with E-state index in [2.05, 4.69) is 5.32 Å². The second-order valence-electron chi connectivity index (χ2n) is 9.22. The number of aryl methyl sites for hydroxylation is 2. The number of rotatable bonds is 7. The Labute approximate surface area is 228 Å². The lowest BCUT2D eigenvalue weighted by Crippen LogP contribution is -2.23. The van der Waals surface area contributed by atoms with E-state index in [9.17, 15) is 9.59 Å². The molecule has 0 spiro atoms. The van der Waals surface area contributed by atoms with Gasteiger partial charge in [-0.3, -0.25) is 14.2 Å². The minimum absolute atomic E-state index is 0.0736. The Bertz CT molecular complexity index is 1700. The van der Waals surface area contributed by atoms with Crippen LogP contribution in [0.2, 0.25) is 0 Å². The molecule has 6 rings (SSSR count). The van der Waals surface area contributed by atoms with E-state index in [4.69, 9.17) is 9.72 Å². The molecule has 8 heteroatoms. The fraction of sp³-hybridized carbons (Fsp3) is 0.233. The van der Waals surface area contributed by atoms with E-state index in [0.717, 1.165) is 63.7 Å². The Hall–Kier alpha value is -3.62. The van der Waals surface area contributed by atoms with Crippen LogP contribution >= 0.6 is 23.1 Å². The molecule has 38 heavy (non-hydrogen) atoms. The first-order chi connectivity index (χ1) is 18.6. The topological polar surface area (TPSA) is 73.2 Å². The molecule has 1 aliphatic carbocycles. The van der Waals surface area contributed by atoms with Crippen LogP contribution in [0.4, 0.5) is 5.69 Å². The van der Waals surface area contributed by atoms with Crippen molar-refractivity contribution in [1.82, 2.24) is 9.55 Å². The van der Waals surface area contributed by atoms with Crippen molar-refractivity contribution in [2.24, 2.45) is 0 Å². The van der Waals surface area contributed by atoms with Crippen LogP contribution < -0.4 is 15.6 Å². The van der Waals surface area contributed by atoms with Crippen molar-refractivity contribution in [3.05, 3.63) is 87.5 Å². The SMILES string of the molecule is CCOc1ccc(-n2c(SCC(=O)Nc3cccc4ccccc34)nc3sc4c(c3c2=O)CCCC4)cc1. The van der Waals surface area contributed by atoms with Gasteiger partial charge in [0.15, 0.2) is 5.16 Å². The van der Waals surface area contributed by atoms with Gasteiger partial charge in [0, 0.05) is 16.0 Å². The fourth-order valence-corrected chi connectivity index (χ4v) is 7.13. The maximum absolute atomic E-state index is 14.0. The molecule has 2 aromatic heterocycles. The van der Waals surface area contributed by atoms with Crippen LogP contribution in [0.15, 0.2) is 76.7 Å². The Morgan fingerprint density at radius 1 is 1.05 bits per heavy atom. The van der Waals surface area contributed by atoms with Crippen molar-refractivity contribution < 1.29 is 9.53 Å². The lowest BCUT2D eigenvalue weighted by molar-refractivity contribution is -0.113. The maximum Gasteiger partial charge on any atom is 0.267 e. The van der Waals surface area contributed by atoms with Gasteiger partial charge in [0.2, 0.25) is 5.91 Å². The molecule has 3 aromatic carbocycles. The third-order valence-electron chi connectivity index (χ3n) is 6.76. The molecular formula is C30H27N3O3S2. The summed E-state index contributed by atoms with van der Waals surface area (Å²) >= 11 is 2.90. The molecule has 0 atom stereocenters. The van der Waals surface area contributed by atoms with Gasteiger partial charge in [0.25, 0.3) is 5.56 Å². The predicted molar refractivity (Wildman–Crippen MR) is 156 cm³/mol. The lowest BCUT2D eigenvalue weighted by atomic mass is 9.97. The molecule has 0 aliphatic heterocycles. The number of fused-ring (bicyclic) bond motifs is 4. The minimum Gasteiger partial charge on any atom is -0.494 e. The van der Waals surface area contributed by atoms with Crippen LogP contribution in [0.25, 0.3) is 26.7 Å². The van der Waals surface area contributed by atoms with Gasteiger partial charge in [-0.1, -0.05) is 48.2 Å². The normalized spacial score (nSPS) is 13.0. The predicted octanol–water partition coefficient (Wildman–Crippen LogP) is 6.61. The standard InChI is InChI=1S/C30H27N3O3S2/c1-2-36-21-16-14-20(15-17-21)33-29(35)27-23-11-5-6-13-25(23)38-28(27)32-30(33)37-18-26(34)31-24-12-7-9-19-8-3-4-10-22(19)24/h3-4,7-10,12,14-17H,2,5-6,11,13,18H2,1H3,(H,31,34). The molecule has 6 nitrogen and oxygen atoms in total. The van der Waals surface area contributed by atoms with E-state index in [1.54, 1.807) is 15.9 Å². The molecule has 0 saturated heterocycles. The van der Waals surface area contributed by atoms with Crippen molar-refractivity contribution in [2.75, 3.05) is 17.7 Å². The van der Waals surface area contributed by atoms with E-state index in [1.165, 1.54) is 16.6 Å². The molecule has 2 heterocycles. The number of carbonyl (C=O) groups is 1. The number of hydrogen-bond acceptors (Lipinski definition) is 6. The number of anilines is 1. The molecule has 0 radical (unpaired) electrons. The smallest absolute Gasteiger partial charge is 0.267 e. The van der Waals surface area contributed by atoms with Crippen LogP contribution in [0.1, 0.15) is 30.2 Å². The highest BCUT2D eigenvalue weighted by atomic mass is 32.2. The van der Waals surface area contributed by atoms with Gasteiger partial charge in [-0.05, 0) is 73.9 Å². The second kappa shape index (κ2) is 10.6. The zero-order valence-corrected chi connectivity index (χ0v) is 22.7. The Kier molecular flexibility index (Phi) is 6.91. The number of aromatic nitrogens is 2. The molecule has 192 valence electrons. The molecule has 0 bridgehead atoms. The number of nitrogens with zero attached hydrogens (tertiary/aromatic N) is 2. The summed E-state index contributed by atoms with van der Waals surface area (Å²) in [6, 6.07) is 21.3. The molecule has 1 N–H and O–H groups in total. The number of ether oxygens (including phenoxy) is 1. The lowest BCUT2D eigenvalue weighted by Gasteiger charge is -2.14. The number of hydrogen-bond donors (Lipinski definition) is 1. The first kappa shape index (κ1) is 24.7. The summed E-state index contributed by atoms with van der Waals surface area (Å²) in [6.07, 6.45) is 4.14. The van der Waals surface area contributed by atoms with E-state index < -0.39 is 0 Å². The van der Waals surface area contributed by atoms with Crippen molar-refractivity contribution in [1.29, 1.82) is 0 Å². The first-order valence-corrected chi connectivity index (χ1v) is 14.6. The fourth-order valence-electron chi connectivity index (χ4n) is 5.02. The van der Waals surface area contributed by atoms with Crippen LogP contribution in [-0.4, -0.2) is 27.8 Å². The van der Waals surface area contributed by atoms with Crippen LogP contribution in [0, 0.1) is 0 Å². The molecule has 0 unspecified atom stereocenters. The Morgan fingerprint density at radius 2 is 1.84 bits per heavy atom. The number of thiophene rings is 1. The highest BCUT2D eigenvalue weighted by Crippen LogP contribution is 2.35. The summed E-state index contributed by atoms with van der Waals surface area (Å²) in [5, 5.41) is 6.33. The van der Waals surface area contributed by atoms with Crippen molar-refractivity contribution in [2.45, 2.75) is 37.8 Å². The van der Waals surface area contributed by atoms with Gasteiger partial charge in [-0.2, -0.15) is 0 Å². The minimum atomic E-state index is -0.149. The van der Waals surface area contributed by atoms with Gasteiger partial charge >= 0.3 is 0 Å². The van der Waals surface area contributed by atoms with Crippen molar-refractivity contribution in [3.8, 4) is 11.4 Å².